The molecule has 2 atom stereocenters. The lowest BCUT2D eigenvalue weighted by molar-refractivity contribution is 0.642. The molecule has 1 aliphatic heterocycles. The van der Waals surface area contributed by atoms with Gasteiger partial charge in [-0.2, -0.15) is 0 Å². The Kier molecular flexibility index (Phi) is 10.4. The number of fused-ring (bicyclic) bond motifs is 3. The van der Waals surface area contributed by atoms with Gasteiger partial charge in [-0.1, -0.05) is 186 Å². The Morgan fingerprint density at radius 1 is 0.500 bits per heavy atom. The molecule has 1 heterocycles. The minimum absolute atomic E-state index is 0.489. The fourth-order valence-corrected chi connectivity index (χ4v) is 9.05. The molecule has 58 heavy (non-hydrogen) atoms. The highest BCUT2D eigenvalue weighted by atomic mass is 15.2. The minimum atomic E-state index is 0.489. The second-order valence-electron chi connectivity index (χ2n) is 16.4. The summed E-state index contributed by atoms with van der Waals surface area (Å²) in [5.41, 5.74) is 21.5. The van der Waals surface area contributed by atoms with Crippen LogP contribution in [0.5, 0.6) is 0 Å². The van der Waals surface area contributed by atoms with Gasteiger partial charge in [0.2, 0.25) is 0 Å². The second kappa shape index (κ2) is 16.2. The molecule has 0 saturated heterocycles. The van der Waals surface area contributed by atoms with E-state index in [4.69, 9.17) is 0 Å². The van der Waals surface area contributed by atoms with Crippen LogP contribution in [0.4, 0.5) is 11.4 Å². The topological polar surface area (TPSA) is 3.24 Å². The highest BCUT2D eigenvalue weighted by Crippen LogP contribution is 2.52. The molecule has 284 valence electrons. The SMILES string of the molecule is Cc1ccc(C(=Cc2ccc3c(c2)C2CCCC2N3c2ccc(/C=C/C(=C(c3ccc(C)cc3)c3ccc(C)cc3)c3ccccc3)cc2)c2ccc(C)cc2)cc1. The first-order valence-corrected chi connectivity index (χ1v) is 20.9. The molecule has 1 heteroatoms. The maximum Gasteiger partial charge on any atom is 0.0450 e. The Bertz CT molecular complexity index is 2530. The van der Waals surface area contributed by atoms with Crippen molar-refractivity contribution in [2.24, 2.45) is 0 Å². The largest absolute Gasteiger partial charge is 0.338 e. The van der Waals surface area contributed by atoms with E-state index in [0.717, 1.165) is 0 Å². The zero-order valence-electron chi connectivity index (χ0n) is 34.1. The molecule has 7 aromatic carbocycles. The summed E-state index contributed by atoms with van der Waals surface area (Å²) in [5, 5.41) is 0. The molecule has 1 fully saturated rings. The zero-order valence-corrected chi connectivity index (χ0v) is 34.1. The van der Waals surface area contributed by atoms with Gasteiger partial charge in [0.25, 0.3) is 0 Å². The summed E-state index contributed by atoms with van der Waals surface area (Å²) in [4.78, 5) is 2.64. The molecular weight excluding hydrogens is 699 g/mol. The van der Waals surface area contributed by atoms with Crippen molar-refractivity contribution in [3.05, 3.63) is 243 Å². The van der Waals surface area contributed by atoms with Gasteiger partial charge in [0.15, 0.2) is 0 Å². The number of hydrogen-bond acceptors (Lipinski definition) is 1. The zero-order chi connectivity index (χ0) is 39.6. The number of anilines is 2. The average Bonchev–Trinajstić information content (AvgIpc) is 3.85. The van der Waals surface area contributed by atoms with Crippen LogP contribution in [0.1, 0.15) is 91.9 Å². The summed E-state index contributed by atoms with van der Waals surface area (Å²) < 4.78 is 0. The monoisotopic (exact) mass is 749 g/mol. The van der Waals surface area contributed by atoms with Crippen LogP contribution in [0.2, 0.25) is 0 Å². The first kappa shape index (κ1) is 37.2. The molecule has 0 amide bonds. The molecule has 0 aromatic heterocycles. The smallest absolute Gasteiger partial charge is 0.0450 e. The van der Waals surface area contributed by atoms with E-state index in [9.17, 15) is 0 Å². The van der Waals surface area contributed by atoms with Crippen molar-refractivity contribution in [1.29, 1.82) is 0 Å². The summed E-state index contributed by atoms with van der Waals surface area (Å²) in [7, 11) is 0. The van der Waals surface area contributed by atoms with Crippen LogP contribution in [-0.2, 0) is 0 Å². The lowest BCUT2D eigenvalue weighted by atomic mass is 9.88. The molecule has 1 saturated carbocycles. The minimum Gasteiger partial charge on any atom is -0.338 e. The third-order valence-corrected chi connectivity index (χ3v) is 12.2. The fourth-order valence-electron chi connectivity index (χ4n) is 9.05. The van der Waals surface area contributed by atoms with Crippen LogP contribution < -0.4 is 4.90 Å². The van der Waals surface area contributed by atoms with Crippen molar-refractivity contribution < 1.29 is 0 Å². The molecule has 0 spiro atoms. The molecule has 2 unspecified atom stereocenters. The number of nitrogens with zero attached hydrogens (tertiary/aromatic N) is 1. The highest BCUT2D eigenvalue weighted by molar-refractivity contribution is 6.03. The molecule has 2 aliphatic rings. The summed E-state index contributed by atoms with van der Waals surface area (Å²) >= 11 is 0. The van der Waals surface area contributed by atoms with Gasteiger partial charge in [-0.05, 0) is 132 Å². The van der Waals surface area contributed by atoms with E-state index in [1.807, 2.05) is 0 Å². The Hall–Kier alpha value is -6.44. The van der Waals surface area contributed by atoms with Gasteiger partial charge in [0.05, 0.1) is 0 Å². The first-order chi connectivity index (χ1) is 28.4. The Morgan fingerprint density at radius 2 is 1.02 bits per heavy atom. The van der Waals surface area contributed by atoms with E-state index in [1.54, 1.807) is 0 Å². The predicted octanol–water partition coefficient (Wildman–Crippen LogP) is 15.0. The summed E-state index contributed by atoms with van der Waals surface area (Å²) in [6.45, 7) is 8.61. The van der Waals surface area contributed by atoms with Crippen LogP contribution >= 0.6 is 0 Å². The summed E-state index contributed by atoms with van der Waals surface area (Å²) in [6, 6.07) is 63.5. The molecule has 0 radical (unpaired) electrons. The number of aryl methyl sites for hydroxylation is 4. The molecule has 1 nitrogen and oxygen atoms in total. The molecule has 9 rings (SSSR count). The van der Waals surface area contributed by atoms with Crippen molar-refractivity contribution in [2.75, 3.05) is 4.90 Å². The van der Waals surface area contributed by atoms with Gasteiger partial charge in [0, 0.05) is 23.3 Å². The van der Waals surface area contributed by atoms with E-state index < -0.39 is 0 Å². The second-order valence-corrected chi connectivity index (χ2v) is 16.4. The first-order valence-electron chi connectivity index (χ1n) is 20.9. The molecule has 1 aliphatic carbocycles. The van der Waals surface area contributed by atoms with Gasteiger partial charge >= 0.3 is 0 Å². The van der Waals surface area contributed by atoms with E-state index >= 15 is 0 Å². The Balaban J connectivity index is 1.06. The maximum atomic E-state index is 2.64. The van der Waals surface area contributed by atoms with Crippen LogP contribution in [0.15, 0.2) is 176 Å². The normalized spacial score (nSPS) is 15.6. The standard InChI is InChI=1S/C57H51N/c1-39-13-25-46(26-14-39)53(47-27-15-40(2)16-28-47)37-44-24-36-56-54(38-44)52-11-8-12-55(52)58(56)50-33-21-43(22-34-50)23-35-51(45-9-6-5-7-10-45)57(48-29-17-41(3)18-30-48)49-31-19-42(4)20-32-49/h5-7,9-10,13-38,52,55H,8,11-12H2,1-4H3/b35-23+. The number of hydrogen-bond donors (Lipinski definition) is 0. The molecule has 0 bridgehead atoms. The van der Waals surface area contributed by atoms with Crippen LogP contribution in [0.25, 0.3) is 28.9 Å². The van der Waals surface area contributed by atoms with E-state index in [0.29, 0.717) is 12.0 Å². The maximum absolute atomic E-state index is 2.64. The van der Waals surface area contributed by atoms with Crippen LogP contribution in [-0.4, -0.2) is 6.04 Å². The predicted molar refractivity (Wildman–Crippen MR) is 248 cm³/mol. The number of rotatable bonds is 9. The van der Waals surface area contributed by atoms with Crippen molar-refractivity contribution in [1.82, 2.24) is 0 Å². The van der Waals surface area contributed by atoms with E-state index in [-0.39, 0.29) is 0 Å². The summed E-state index contributed by atoms with van der Waals surface area (Å²) in [5.74, 6) is 0.547. The Morgan fingerprint density at radius 3 is 1.57 bits per heavy atom. The van der Waals surface area contributed by atoms with Crippen molar-refractivity contribution in [2.45, 2.75) is 58.9 Å². The average molecular weight is 750 g/mol. The van der Waals surface area contributed by atoms with E-state index in [2.05, 4.69) is 221 Å². The van der Waals surface area contributed by atoms with Gasteiger partial charge in [-0.15, -0.1) is 0 Å². The molecule has 7 aromatic rings. The van der Waals surface area contributed by atoms with Crippen molar-refractivity contribution in [3.63, 3.8) is 0 Å². The number of allylic oxidation sites excluding steroid dienone is 2. The number of benzene rings is 7. The van der Waals surface area contributed by atoms with Crippen LogP contribution in [0.3, 0.4) is 0 Å². The third-order valence-electron chi connectivity index (χ3n) is 12.2. The van der Waals surface area contributed by atoms with E-state index in [1.165, 1.54) is 114 Å². The highest BCUT2D eigenvalue weighted by Gasteiger charge is 2.42. The van der Waals surface area contributed by atoms with Gasteiger partial charge < -0.3 is 4.90 Å². The summed E-state index contributed by atoms with van der Waals surface area (Å²) in [6.07, 6.45) is 10.7. The van der Waals surface area contributed by atoms with Crippen LogP contribution in [0, 0.1) is 27.7 Å². The van der Waals surface area contributed by atoms with Crippen molar-refractivity contribution in [3.8, 4) is 0 Å². The van der Waals surface area contributed by atoms with Gasteiger partial charge in [0.1, 0.15) is 0 Å². The lowest BCUT2D eigenvalue weighted by Gasteiger charge is -2.27. The van der Waals surface area contributed by atoms with Crippen molar-refractivity contribution >= 4 is 40.2 Å². The molecule has 0 N–H and O–H groups in total. The van der Waals surface area contributed by atoms with Gasteiger partial charge in [-0.3, -0.25) is 0 Å². The lowest BCUT2D eigenvalue weighted by Crippen LogP contribution is -2.26. The van der Waals surface area contributed by atoms with Gasteiger partial charge in [-0.25, -0.2) is 0 Å². The quantitative estimate of drug-likeness (QED) is 0.105. The molecular formula is C57H51N. The third kappa shape index (κ3) is 7.65. The fraction of sp³-hybridized carbons (Fsp3) is 0.158. The Labute approximate surface area is 345 Å².